The highest BCUT2D eigenvalue weighted by Gasteiger charge is 2.34. The largest absolute Gasteiger partial charge is 0.494 e. The van der Waals surface area contributed by atoms with E-state index in [1.165, 1.54) is 39.1 Å². The molecule has 0 bridgehead atoms. The lowest BCUT2D eigenvalue weighted by Gasteiger charge is -2.23. The Morgan fingerprint density at radius 1 is 1.25 bits per heavy atom. The number of nitrogens with zero attached hydrogens (tertiary/aromatic N) is 2. The van der Waals surface area contributed by atoms with Crippen LogP contribution in [0.1, 0.15) is 17.3 Å². The zero-order valence-corrected chi connectivity index (χ0v) is 15.5. The van der Waals surface area contributed by atoms with Crippen LogP contribution in [0.25, 0.3) is 0 Å². The van der Waals surface area contributed by atoms with Crippen molar-refractivity contribution in [1.82, 2.24) is 9.21 Å². The predicted octanol–water partition coefficient (Wildman–Crippen LogP) is 1.14. The van der Waals surface area contributed by atoms with Crippen molar-refractivity contribution in [2.45, 2.75) is 17.9 Å². The minimum absolute atomic E-state index is 0.0101. The average Bonchev–Trinajstić information content (AvgIpc) is 2.51. The van der Waals surface area contributed by atoms with Gasteiger partial charge in [-0.05, 0) is 19.1 Å². The summed E-state index contributed by atoms with van der Waals surface area (Å²) in [5.41, 5.74) is -0.0371. The van der Waals surface area contributed by atoms with E-state index >= 15 is 0 Å². The number of aliphatic carboxylic acids is 1. The number of benzene rings is 1. The summed E-state index contributed by atoms with van der Waals surface area (Å²) in [4.78, 5) is 24.2. The Bertz CT molecular complexity index is 763. The van der Waals surface area contributed by atoms with E-state index < -0.39 is 27.9 Å². The van der Waals surface area contributed by atoms with E-state index in [2.05, 4.69) is 0 Å². The van der Waals surface area contributed by atoms with E-state index in [-0.39, 0.29) is 21.2 Å². The van der Waals surface area contributed by atoms with E-state index in [1.54, 1.807) is 0 Å². The molecule has 0 saturated carbocycles. The first-order valence-corrected chi connectivity index (χ1v) is 8.57. The number of hydrogen-bond acceptors (Lipinski definition) is 5. The van der Waals surface area contributed by atoms with Crippen LogP contribution in [0.3, 0.4) is 0 Å². The molecule has 1 N–H and O–H groups in total. The second-order valence-corrected chi connectivity index (χ2v) is 7.62. The van der Waals surface area contributed by atoms with Gasteiger partial charge in [0.15, 0.2) is 5.75 Å². The Labute approximate surface area is 145 Å². The number of carboxylic acid groups (broad SMARTS) is 1. The molecule has 0 aromatic heterocycles. The van der Waals surface area contributed by atoms with Gasteiger partial charge in [-0.25, -0.2) is 8.42 Å². The van der Waals surface area contributed by atoms with Crippen LogP contribution < -0.4 is 4.74 Å². The summed E-state index contributed by atoms with van der Waals surface area (Å²) < 4.78 is 31.3. The lowest BCUT2D eigenvalue weighted by molar-refractivity contribution is -0.140. The number of carbonyl (C=O) groups excluding carboxylic acids is 1. The normalized spacial score (nSPS) is 12.8. The quantitative estimate of drug-likeness (QED) is 0.796. The smallest absolute Gasteiger partial charge is 0.321 e. The number of carbonyl (C=O) groups is 2. The number of rotatable bonds is 6. The van der Waals surface area contributed by atoms with Gasteiger partial charge in [-0.15, -0.1) is 0 Å². The summed E-state index contributed by atoms with van der Waals surface area (Å²) in [5.74, 6) is -2.01. The van der Waals surface area contributed by atoms with Gasteiger partial charge < -0.3 is 14.7 Å². The maximum atomic E-state index is 12.8. The van der Waals surface area contributed by atoms with Crippen molar-refractivity contribution >= 4 is 33.5 Å². The van der Waals surface area contributed by atoms with E-state index in [0.717, 1.165) is 13.1 Å². The molecular formula is C14H19ClN2O6S. The maximum Gasteiger partial charge on any atom is 0.321 e. The van der Waals surface area contributed by atoms with Crippen LogP contribution in [0.5, 0.6) is 5.75 Å². The highest BCUT2D eigenvalue weighted by atomic mass is 35.5. The van der Waals surface area contributed by atoms with Crippen LogP contribution in [0.4, 0.5) is 0 Å². The van der Waals surface area contributed by atoms with Gasteiger partial charge in [-0.2, -0.15) is 4.31 Å². The van der Waals surface area contributed by atoms with Crippen molar-refractivity contribution in [2.24, 2.45) is 0 Å². The molecule has 1 aromatic rings. The highest BCUT2D eigenvalue weighted by molar-refractivity contribution is 7.89. The van der Waals surface area contributed by atoms with E-state index in [1.807, 2.05) is 0 Å². The average molecular weight is 379 g/mol. The standard InChI is InChI=1S/C14H19ClN2O6S/c1-8(14(19)20)17(4)24(21,22)11-7-9(15)6-10(12(11)23-5)13(18)16(2)3/h6-8H,1-5H3,(H,19,20). The van der Waals surface area contributed by atoms with Crippen LogP contribution in [-0.2, 0) is 14.8 Å². The Kier molecular flexibility index (Phi) is 6.20. The SMILES string of the molecule is COc1c(C(=O)N(C)C)cc(Cl)cc1S(=O)(=O)N(C)C(C)C(=O)O. The first-order valence-electron chi connectivity index (χ1n) is 6.75. The van der Waals surface area contributed by atoms with E-state index in [0.29, 0.717) is 4.31 Å². The third-order valence-corrected chi connectivity index (χ3v) is 5.57. The van der Waals surface area contributed by atoms with E-state index in [4.69, 9.17) is 21.4 Å². The van der Waals surface area contributed by atoms with Crippen molar-refractivity contribution < 1.29 is 27.9 Å². The zero-order valence-electron chi connectivity index (χ0n) is 13.9. The Morgan fingerprint density at radius 3 is 2.21 bits per heavy atom. The second kappa shape index (κ2) is 7.37. The van der Waals surface area contributed by atoms with Crippen LogP contribution in [0.2, 0.25) is 5.02 Å². The fourth-order valence-corrected chi connectivity index (χ4v) is 3.69. The summed E-state index contributed by atoms with van der Waals surface area (Å²) in [5, 5.41) is 9.05. The summed E-state index contributed by atoms with van der Waals surface area (Å²) in [6.45, 7) is 1.22. The van der Waals surface area contributed by atoms with Crippen molar-refractivity contribution in [1.29, 1.82) is 0 Å². The molecule has 1 aromatic carbocycles. The van der Waals surface area contributed by atoms with Crippen LogP contribution in [-0.4, -0.2) is 68.9 Å². The molecule has 0 aliphatic rings. The summed E-state index contributed by atoms with van der Waals surface area (Å²) in [6, 6.07) is 1.10. The van der Waals surface area contributed by atoms with Crippen LogP contribution in [0.15, 0.2) is 17.0 Å². The number of likely N-dealkylation sites (N-methyl/N-ethyl adjacent to an activating group) is 1. The molecule has 0 heterocycles. The van der Waals surface area contributed by atoms with Gasteiger partial charge >= 0.3 is 5.97 Å². The topological polar surface area (TPSA) is 104 Å². The number of amides is 1. The number of carboxylic acids is 1. The molecule has 134 valence electrons. The monoisotopic (exact) mass is 378 g/mol. The predicted molar refractivity (Wildman–Crippen MR) is 88.1 cm³/mol. The third kappa shape index (κ3) is 3.80. The van der Waals surface area contributed by atoms with Crippen LogP contribution in [0, 0.1) is 0 Å². The van der Waals surface area contributed by atoms with E-state index in [9.17, 15) is 18.0 Å². The van der Waals surface area contributed by atoms with Gasteiger partial charge in [-0.3, -0.25) is 9.59 Å². The molecule has 1 rings (SSSR count). The minimum Gasteiger partial charge on any atom is -0.494 e. The molecule has 24 heavy (non-hydrogen) atoms. The molecule has 1 atom stereocenters. The fourth-order valence-electron chi connectivity index (χ4n) is 1.89. The van der Waals surface area contributed by atoms with Gasteiger partial charge in [-0.1, -0.05) is 11.6 Å². The molecule has 0 fully saturated rings. The minimum atomic E-state index is -4.26. The Morgan fingerprint density at radius 2 is 1.79 bits per heavy atom. The molecule has 10 heteroatoms. The van der Waals surface area contributed by atoms with Gasteiger partial charge in [0.1, 0.15) is 10.9 Å². The van der Waals surface area contributed by atoms with Crippen molar-refractivity contribution in [3.63, 3.8) is 0 Å². The fraction of sp³-hybridized carbons (Fsp3) is 0.429. The van der Waals surface area contributed by atoms with Gasteiger partial charge in [0, 0.05) is 26.2 Å². The molecule has 0 saturated heterocycles. The number of sulfonamides is 1. The van der Waals surface area contributed by atoms with Gasteiger partial charge in [0.25, 0.3) is 5.91 Å². The van der Waals surface area contributed by atoms with Crippen molar-refractivity contribution in [2.75, 3.05) is 28.3 Å². The zero-order chi connectivity index (χ0) is 18.8. The van der Waals surface area contributed by atoms with Gasteiger partial charge in [0.2, 0.25) is 10.0 Å². The molecule has 0 aliphatic heterocycles. The van der Waals surface area contributed by atoms with Crippen molar-refractivity contribution in [3.05, 3.63) is 22.7 Å². The lowest BCUT2D eigenvalue weighted by Crippen LogP contribution is -2.40. The molecule has 0 spiro atoms. The molecule has 1 unspecified atom stereocenters. The Hall–Kier alpha value is -1.84. The lowest BCUT2D eigenvalue weighted by atomic mass is 10.2. The first-order chi connectivity index (χ1) is 10.9. The third-order valence-electron chi connectivity index (χ3n) is 3.42. The molecular weight excluding hydrogens is 360 g/mol. The van der Waals surface area contributed by atoms with Crippen LogP contribution >= 0.6 is 11.6 Å². The summed E-state index contributed by atoms with van der Waals surface area (Å²) in [6.07, 6.45) is 0. The molecule has 0 radical (unpaired) electrons. The maximum absolute atomic E-state index is 12.8. The number of ether oxygens (including phenoxy) is 1. The Balaban J connectivity index is 3.64. The number of methoxy groups -OCH3 is 1. The number of halogens is 1. The van der Waals surface area contributed by atoms with Crippen molar-refractivity contribution in [3.8, 4) is 5.75 Å². The first kappa shape index (κ1) is 20.2. The number of hydrogen-bond donors (Lipinski definition) is 1. The second-order valence-electron chi connectivity index (χ2n) is 5.22. The molecule has 8 nitrogen and oxygen atoms in total. The molecule has 1 amide bonds. The van der Waals surface area contributed by atoms with Gasteiger partial charge in [0.05, 0.1) is 12.7 Å². The summed E-state index contributed by atoms with van der Waals surface area (Å²) in [7, 11) is 1.08. The summed E-state index contributed by atoms with van der Waals surface area (Å²) >= 11 is 5.95. The highest BCUT2D eigenvalue weighted by Crippen LogP contribution is 2.34. The molecule has 0 aliphatic carbocycles.